The molecule has 1 aliphatic rings. The summed E-state index contributed by atoms with van der Waals surface area (Å²) in [5.74, 6) is 0.842. The van der Waals surface area contributed by atoms with E-state index in [9.17, 15) is 0 Å². The van der Waals surface area contributed by atoms with Crippen LogP contribution in [-0.2, 0) is 24.6 Å². The molecule has 0 saturated carbocycles. The van der Waals surface area contributed by atoms with Gasteiger partial charge in [0.2, 0.25) is 0 Å². The average Bonchev–Trinajstić information content (AvgIpc) is 3.07. The lowest BCUT2D eigenvalue weighted by molar-refractivity contribution is 0.0322. The van der Waals surface area contributed by atoms with Gasteiger partial charge < -0.3 is 9.47 Å². The van der Waals surface area contributed by atoms with Crippen molar-refractivity contribution in [2.24, 2.45) is 6.98 Å². The predicted octanol–water partition coefficient (Wildman–Crippen LogP) is 2.28. The third-order valence-corrected chi connectivity index (χ3v) is 4.33. The number of aryl methyl sites for hydroxylation is 2. The Morgan fingerprint density at radius 2 is 2.08 bits per heavy atom. The fourth-order valence-electron chi connectivity index (χ4n) is 3.00. The van der Waals surface area contributed by atoms with Gasteiger partial charge in [0.25, 0.3) is 0 Å². The van der Waals surface area contributed by atoms with Gasteiger partial charge in [-0.3, -0.25) is 9.58 Å². The van der Waals surface area contributed by atoms with E-state index in [1.807, 2.05) is 31.2 Å². The molecule has 1 aromatic heterocycles. The Balaban J connectivity index is 1.68. The Kier molecular flexibility index (Phi) is 4.65. The first-order chi connectivity index (χ1) is 13.0. The van der Waals surface area contributed by atoms with Crippen molar-refractivity contribution in [1.82, 2.24) is 14.7 Å². The van der Waals surface area contributed by atoms with Crippen molar-refractivity contribution >= 4 is 0 Å². The van der Waals surface area contributed by atoms with Crippen LogP contribution < -0.4 is 4.74 Å². The van der Waals surface area contributed by atoms with Crippen LogP contribution in [0.15, 0.2) is 30.5 Å². The summed E-state index contributed by atoms with van der Waals surface area (Å²) in [6.07, 6.45) is 2.93. The van der Waals surface area contributed by atoms with Crippen molar-refractivity contribution in [1.29, 1.82) is 0 Å². The molecule has 2 heterocycles. The minimum Gasteiger partial charge on any atom is -0.492 e. The van der Waals surface area contributed by atoms with Crippen molar-refractivity contribution < 1.29 is 13.6 Å². The number of benzene rings is 1. The van der Waals surface area contributed by atoms with Gasteiger partial charge in [-0.15, -0.1) is 0 Å². The smallest absolute Gasteiger partial charge is 0.122 e. The molecule has 130 valence electrons. The first-order valence-corrected chi connectivity index (χ1v) is 8.56. The summed E-state index contributed by atoms with van der Waals surface area (Å²) in [7, 11) is 0. The summed E-state index contributed by atoms with van der Waals surface area (Å²) < 4.78 is 35.2. The SMILES string of the molecule is [2H]C([2H])([2H])n1cc(Cc2ccccc2OCCN2CCOCC2)c(CC)n1. The molecule has 5 heteroatoms. The molecule has 0 spiro atoms. The van der Waals surface area contributed by atoms with E-state index < -0.39 is 6.98 Å². The van der Waals surface area contributed by atoms with Crippen molar-refractivity contribution in [3.05, 3.63) is 47.3 Å². The van der Waals surface area contributed by atoms with Crippen LogP contribution in [0, 0.1) is 0 Å². The molecule has 0 bridgehead atoms. The molecular weight excluding hydrogens is 302 g/mol. The van der Waals surface area contributed by atoms with Gasteiger partial charge in [0.15, 0.2) is 0 Å². The van der Waals surface area contributed by atoms with Crippen LogP contribution in [0.1, 0.15) is 27.9 Å². The van der Waals surface area contributed by atoms with Gasteiger partial charge in [-0.25, -0.2) is 0 Å². The van der Waals surface area contributed by atoms with E-state index in [1.54, 1.807) is 6.20 Å². The number of hydrogen-bond acceptors (Lipinski definition) is 4. The number of para-hydroxylation sites is 1. The van der Waals surface area contributed by atoms with E-state index in [2.05, 4.69) is 10.00 Å². The van der Waals surface area contributed by atoms with Gasteiger partial charge >= 0.3 is 0 Å². The molecule has 1 fully saturated rings. The van der Waals surface area contributed by atoms with Crippen LogP contribution in [0.3, 0.4) is 0 Å². The largest absolute Gasteiger partial charge is 0.492 e. The predicted molar refractivity (Wildman–Crippen MR) is 94.6 cm³/mol. The van der Waals surface area contributed by atoms with E-state index >= 15 is 0 Å². The van der Waals surface area contributed by atoms with Crippen LogP contribution in [-0.4, -0.2) is 54.1 Å². The average molecular weight is 332 g/mol. The van der Waals surface area contributed by atoms with Crippen molar-refractivity contribution in [2.75, 3.05) is 39.5 Å². The number of morpholine rings is 1. The lowest BCUT2D eigenvalue weighted by atomic mass is 10.0. The highest BCUT2D eigenvalue weighted by molar-refractivity contribution is 5.38. The number of rotatable bonds is 7. The Hall–Kier alpha value is -1.85. The highest BCUT2D eigenvalue weighted by Gasteiger charge is 2.12. The molecule has 0 amide bonds. The van der Waals surface area contributed by atoms with E-state index in [0.717, 1.165) is 60.1 Å². The highest BCUT2D eigenvalue weighted by Crippen LogP contribution is 2.23. The molecule has 0 radical (unpaired) electrons. The second-order valence-electron chi connectivity index (χ2n) is 5.99. The summed E-state index contributed by atoms with van der Waals surface area (Å²) >= 11 is 0. The zero-order valence-corrected chi connectivity index (χ0v) is 14.2. The number of hydrogen-bond donors (Lipinski definition) is 0. The van der Waals surface area contributed by atoms with Gasteiger partial charge in [-0.1, -0.05) is 25.1 Å². The summed E-state index contributed by atoms with van der Waals surface area (Å²) in [5.41, 5.74) is 2.78. The Morgan fingerprint density at radius 3 is 2.88 bits per heavy atom. The summed E-state index contributed by atoms with van der Waals surface area (Å²) in [5, 5.41) is 4.24. The molecule has 0 N–H and O–H groups in total. The van der Waals surface area contributed by atoms with E-state index in [-0.39, 0.29) is 0 Å². The number of aromatic nitrogens is 2. The van der Waals surface area contributed by atoms with Crippen LogP contribution in [0.25, 0.3) is 0 Å². The van der Waals surface area contributed by atoms with E-state index in [4.69, 9.17) is 13.6 Å². The maximum atomic E-state index is 7.56. The monoisotopic (exact) mass is 332 g/mol. The topological polar surface area (TPSA) is 39.5 Å². The number of nitrogens with zero attached hydrogens (tertiary/aromatic N) is 3. The summed E-state index contributed by atoms with van der Waals surface area (Å²) in [4.78, 5) is 2.33. The lowest BCUT2D eigenvalue weighted by Gasteiger charge is -2.26. The van der Waals surface area contributed by atoms with Gasteiger partial charge in [0.1, 0.15) is 12.4 Å². The quantitative estimate of drug-likeness (QED) is 0.780. The van der Waals surface area contributed by atoms with Crippen LogP contribution in [0.5, 0.6) is 5.75 Å². The Labute approximate surface area is 148 Å². The normalized spacial score (nSPS) is 18.0. The molecule has 1 aromatic carbocycles. The van der Waals surface area contributed by atoms with E-state index in [0.29, 0.717) is 19.4 Å². The van der Waals surface area contributed by atoms with Crippen LogP contribution >= 0.6 is 0 Å². The summed E-state index contributed by atoms with van der Waals surface area (Å²) in [6.45, 7) is 4.67. The third kappa shape index (κ3) is 4.36. The minimum absolute atomic E-state index is 0.604. The fourth-order valence-corrected chi connectivity index (χ4v) is 3.00. The van der Waals surface area contributed by atoms with Gasteiger partial charge in [0.05, 0.1) is 18.9 Å². The molecule has 5 nitrogen and oxygen atoms in total. The molecule has 1 saturated heterocycles. The van der Waals surface area contributed by atoms with Crippen molar-refractivity contribution in [3.8, 4) is 5.75 Å². The Bertz CT molecular complexity index is 740. The first-order valence-electron chi connectivity index (χ1n) is 10.1. The maximum Gasteiger partial charge on any atom is 0.122 e. The molecule has 0 aliphatic carbocycles. The second kappa shape index (κ2) is 8.31. The van der Waals surface area contributed by atoms with Crippen LogP contribution in [0.2, 0.25) is 0 Å². The first kappa shape index (κ1) is 13.4. The molecule has 0 atom stereocenters. The molecule has 1 aliphatic heterocycles. The van der Waals surface area contributed by atoms with Crippen molar-refractivity contribution in [3.63, 3.8) is 0 Å². The third-order valence-electron chi connectivity index (χ3n) is 4.33. The fraction of sp³-hybridized carbons (Fsp3) is 0.526. The Morgan fingerprint density at radius 1 is 1.25 bits per heavy atom. The molecule has 2 aromatic rings. The van der Waals surface area contributed by atoms with Crippen molar-refractivity contribution in [2.45, 2.75) is 19.8 Å². The van der Waals surface area contributed by atoms with Gasteiger partial charge in [0, 0.05) is 43.3 Å². The molecular formula is C19H27N3O2. The maximum absolute atomic E-state index is 7.56. The van der Waals surface area contributed by atoms with Gasteiger partial charge in [-0.05, 0) is 23.6 Å². The van der Waals surface area contributed by atoms with E-state index in [1.165, 1.54) is 0 Å². The molecule has 24 heavy (non-hydrogen) atoms. The summed E-state index contributed by atoms with van der Waals surface area (Å²) in [6, 6.07) is 7.93. The minimum atomic E-state index is -2.25. The van der Waals surface area contributed by atoms with Crippen LogP contribution in [0.4, 0.5) is 0 Å². The van der Waals surface area contributed by atoms with Gasteiger partial charge in [-0.2, -0.15) is 5.10 Å². The lowest BCUT2D eigenvalue weighted by Crippen LogP contribution is -2.38. The molecule has 3 rings (SSSR count). The number of ether oxygens (including phenoxy) is 2. The molecule has 0 unspecified atom stereocenters. The zero-order valence-electron chi connectivity index (χ0n) is 17.2. The standard InChI is InChI=1S/C19H27N3O2/c1-3-18-17(15-21(2)20-18)14-16-6-4-5-7-19(16)24-13-10-22-8-11-23-12-9-22/h4-7,15H,3,8-14H2,1-2H3/i2D3. The highest BCUT2D eigenvalue weighted by atomic mass is 16.5. The zero-order chi connectivity index (χ0) is 19.3. The second-order valence-corrected chi connectivity index (χ2v) is 5.99.